The van der Waals surface area contributed by atoms with Gasteiger partial charge in [-0.1, -0.05) is 48.5 Å². The molecule has 2 heteroatoms. The third kappa shape index (κ3) is 3.61. The predicted octanol–water partition coefficient (Wildman–Crippen LogP) is 3.89. The summed E-state index contributed by atoms with van der Waals surface area (Å²) in [7, 11) is 0. The third-order valence-corrected chi connectivity index (χ3v) is 3.28. The summed E-state index contributed by atoms with van der Waals surface area (Å²) in [4.78, 5) is 0. The molecule has 0 aromatic heterocycles. The van der Waals surface area contributed by atoms with E-state index in [1.54, 1.807) is 0 Å². The number of ether oxygens (including phenoxy) is 1. The third-order valence-electron chi connectivity index (χ3n) is 3.28. The molecule has 0 aliphatic heterocycles. The van der Waals surface area contributed by atoms with Crippen LogP contribution < -0.4 is 10.5 Å². The lowest BCUT2D eigenvalue weighted by molar-refractivity contribution is 0.235. The minimum absolute atomic E-state index is 0.142. The van der Waals surface area contributed by atoms with Crippen LogP contribution in [-0.2, 0) is 12.0 Å². The van der Waals surface area contributed by atoms with Crippen molar-refractivity contribution in [3.05, 3.63) is 65.7 Å². The number of benzene rings is 2. The molecular weight excluding hydrogens is 246 g/mol. The molecule has 0 radical (unpaired) electrons. The summed E-state index contributed by atoms with van der Waals surface area (Å²) < 4.78 is 5.89. The van der Waals surface area contributed by atoms with Gasteiger partial charge in [-0.3, -0.25) is 0 Å². The average molecular weight is 269 g/mol. The van der Waals surface area contributed by atoms with Gasteiger partial charge in [0.1, 0.15) is 5.75 Å². The van der Waals surface area contributed by atoms with Crippen molar-refractivity contribution in [2.45, 2.75) is 38.8 Å². The molecule has 2 aromatic rings. The molecule has 0 heterocycles. The normalized spacial score (nSPS) is 14.1. The Kier molecular flexibility index (Phi) is 4.46. The molecule has 2 aromatic carbocycles. The van der Waals surface area contributed by atoms with E-state index in [9.17, 15) is 0 Å². The maximum atomic E-state index is 6.57. The molecule has 0 aliphatic rings. The quantitative estimate of drug-likeness (QED) is 0.893. The van der Waals surface area contributed by atoms with Crippen LogP contribution >= 0.6 is 0 Å². The van der Waals surface area contributed by atoms with Crippen LogP contribution in [0.25, 0.3) is 0 Å². The molecule has 20 heavy (non-hydrogen) atoms. The SMILES string of the molecule is CC(C)Oc1ccccc1C(C)(N)Cc1ccccc1. The number of hydrogen-bond donors (Lipinski definition) is 1. The first-order valence-corrected chi connectivity index (χ1v) is 7.08. The van der Waals surface area contributed by atoms with Crippen molar-refractivity contribution in [3.8, 4) is 5.75 Å². The van der Waals surface area contributed by atoms with Crippen molar-refractivity contribution in [2.24, 2.45) is 5.73 Å². The van der Waals surface area contributed by atoms with Gasteiger partial charge in [0.25, 0.3) is 0 Å². The van der Waals surface area contributed by atoms with E-state index in [4.69, 9.17) is 10.5 Å². The van der Waals surface area contributed by atoms with Gasteiger partial charge in [0.2, 0.25) is 0 Å². The maximum absolute atomic E-state index is 6.57. The Labute approximate surface area is 121 Å². The zero-order valence-electron chi connectivity index (χ0n) is 12.5. The molecule has 0 fully saturated rings. The molecule has 0 amide bonds. The summed E-state index contributed by atoms with van der Waals surface area (Å²) in [6.07, 6.45) is 0.926. The van der Waals surface area contributed by atoms with Crippen LogP contribution in [0.2, 0.25) is 0 Å². The number of hydrogen-bond acceptors (Lipinski definition) is 2. The lowest BCUT2D eigenvalue weighted by Crippen LogP contribution is -2.36. The minimum atomic E-state index is -0.452. The fraction of sp³-hybridized carbons (Fsp3) is 0.333. The van der Waals surface area contributed by atoms with Crippen molar-refractivity contribution in [2.75, 3.05) is 0 Å². The highest BCUT2D eigenvalue weighted by Gasteiger charge is 2.25. The fourth-order valence-electron chi connectivity index (χ4n) is 2.41. The molecule has 0 aliphatic carbocycles. The van der Waals surface area contributed by atoms with E-state index in [2.05, 4.69) is 25.1 Å². The van der Waals surface area contributed by atoms with E-state index >= 15 is 0 Å². The van der Waals surface area contributed by atoms with Crippen LogP contribution in [-0.4, -0.2) is 6.10 Å². The highest BCUT2D eigenvalue weighted by atomic mass is 16.5. The van der Waals surface area contributed by atoms with Gasteiger partial charge in [-0.05, 0) is 38.8 Å². The molecule has 0 spiro atoms. The summed E-state index contributed by atoms with van der Waals surface area (Å²) in [5.41, 5.74) is 8.40. The smallest absolute Gasteiger partial charge is 0.124 e. The van der Waals surface area contributed by atoms with Crippen molar-refractivity contribution < 1.29 is 4.74 Å². The van der Waals surface area contributed by atoms with E-state index in [0.717, 1.165) is 17.7 Å². The highest BCUT2D eigenvalue weighted by Crippen LogP contribution is 2.31. The van der Waals surface area contributed by atoms with E-state index in [1.165, 1.54) is 5.56 Å². The molecule has 0 saturated carbocycles. The highest BCUT2D eigenvalue weighted by molar-refractivity contribution is 5.40. The van der Waals surface area contributed by atoms with Crippen molar-refractivity contribution in [1.82, 2.24) is 0 Å². The predicted molar refractivity (Wildman–Crippen MR) is 83.9 cm³/mol. The van der Waals surface area contributed by atoms with Crippen LogP contribution in [0.4, 0.5) is 0 Å². The number of para-hydroxylation sites is 1. The van der Waals surface area contributed by atoms with Crippen LogP contribution in [0.3, 0.4) is 0 Å². The first-order valence-electron chi connectivity index (χ1n) is 7.08. The first-order chi connectivity index (χ1) is 9.49. The van der Waals surface area contributed by atoms with Gasteiger partial charge in [-0.2, -0.15) is 0 Å². The topological polar surface area (TPSA) is 35.2 Å². The Balaban J connectivity index is 2.29. The minimum Gasteiger partial charge on any atom is -0.491 e. The standard InChI is InChI=1S/C18H23NO/c1-14(2)20-17-12-8-7-11-16(17)18(3,19)13-15-9-5-4-6-10-15/h4-12,14H,13,19H2,1-3H3. The van der Waals surface area contributed by atoms with Crippen LogP contribution in [0.15, 0.2) is 54.6 Å². The van der Waals surface area contributed by atoms with E-state index < -0.39 is 5.54 Å². The zero-order valence-corrected chi connectivity index (χ0v) is 12.5. The van der Waals surface area contributed by atoms with E-state index in [0.29, 0.717) is 0 Å². The Bertz CT molecular complexity index is 546. The molecule has 106 valence electrons. The average Bonchev–Trinajstić information content (AvgIpc) is 2.39. The van der Waals surface area contributed by atoms with Crippen LogP contribution in [0, 0.1) is 0 Å². The molecule has 0 bridgehead atoms. The maximum Gasteiger partial charge on any atom is 0.124 e. The van der Waals surface area contributed by atoms with Crippen LogP contribution in [0.1, 0.15) is 31.9 Å². The molecule has 2 N–H and O–H groups in total. The second-order valence-electron chi connectivity index (χ2n) is 5.74. The lowest BCUT2D eigenvalue weighted by Gasteiger charge is -2.28. The lowest BCUT2D eigenvalue weighted by atomic mass is 9.86. The van der Waals surface area contributed by atoms with Gasteiger partial charge in [-0.25, -0.2) is 0 Å². The Morgan fingerprint density at radius 1 is 1.00 bits per heavy atom. The van der Waals surface area contributed by atoms with Gasteiger partial charge in [0, 0.05) is 11.1 Å². The number of nitrogens with two attached hydrogens (primary N) is 1. The van der Waals surface area contributed by atoms with Gasteiger partial charge < -0.3 is 10.5 Å². The largest absolute Gasteiger partial charge is 0.491 e. The monoisotopic (exact) mass is 269 g/mol. The van der Waals surface area contributed by atoms with Crippen molar-refractivity contribution in [1.29, 1.82) is 0 Å². The molecule has 2 rings (SSSR count). The summed E-state index contributed by atoms with van der Waals surface area (Å²) in [5.74, 6) is 0.878. The summed E-state index contributed by atoms with van der Waals surface area (Å²) in [6.45, 7) is 6.12. The Morgan fingerprint density at radius 2 is 1.60 bits per heavy atom. The van der Waals surface area contributed by atoms with Gasteiger partial charge in [0.05, 0.1) is 6.10 Å². The Morgan fingerprint density at radius 3 is 2.25 bits per heavy atom. The van der Waals surface area contributed by atoms with Crippen molar-refractivity contribution >= 4 is 0 Å². The second-order valence-corrected chi connectivity index (χ2v) is 5.74. The summed E-state index contributed by atoms with van der Waals surface area (Å²) in [6, 6.07) is 18.4. The second kappa shape index (κ2) is 6.10. The van der Waals surface area contributed by atoms with Gasteiger partial charge in [-0.15, -0.1) is 0 Å². The molecule has 1 unspecified atom stereocenters. The first kappa shape index (κ1) is 14.6. The van der Waals surface area contributed by atoms with Crippen LogP contribution in [0.5, 0.6) is 5.75 Å². The van der Waals surface area contributed by atoms with E-state index in [-0.39, 0.29) is 6.10 Å². The number of rotatable bonds is 5. The van der Waals surface area contributed by atoms with E-state index in [1.807, 2.05) is 50.2 Å². The Hall–Kier alpha value is -1.80. The summed E-state index contributed by atoms with van der Waals surface area (Å²) in [5, 5.41) is 0. The van der Waals surface area contributed by atoms with Gasteiger partial charge >= 0.3 is 0 Å². The molecule has 1 atom stereocenters. The molecular formula is C18H23NO. The zero-order chi connectivity index (χ0) is 14.6. The summed E-state index contributed by atoms with van der Waals surface area (Å²) >= 11 is 0. The fourth-order valence-corrected chi connectivity index (χ4v) is 2.41. The van der Waals surface area contributed by atoms with Crippen molar-refractivity contribution in [3.63, 3.8) is 0 Å². The molecule has 2 nitrogen and oxygen atoms in total. The van der Waals surface area contributed by atoms with Gasteiger partial charge in [0.15, 0.2) is 0 Å². The molecule has 0 saturated heterocycles.